The van der Waals surface area contributed by atoms with Gasteiger partial charge in [-0.3, -0.25) is 0 Å². The predicted molar refractivity (Wildman–Crippen MR) is 120 cm³/mol. The van der Waals surface area contributed by atoms with Gasteiger partial charge in [0, 0.05) is 11.1 Å². The number of unbranched alkanes of at least 4 members (excludes halogenated alkanes) is 1. The Labute approximate surface area is 175 Å². The maximum Gasteiger partial charge on any atom is 0.137 e. The van der Waals surface area contributed by atoms with Crippen molar-refractivity contribution in [3.05, 3.63) is 93.2 Å². The van der Waals surface area contributed by atoms with Gasteiger partial charge in [-0.2, -0.15) is 0 Å². The van der Waals surface area contributed by atoms with E-state index in [1.54, 1.807) is 12.1 Å². The van der Waals surface area contributed by atoms with Gasteiger partial charge in [0.25, 0.3) is 0 Å². The Bertz CT molecular complexity index is 1010. The third-order valence-corrected chi connectivity index (χ3v) is 5.50. The molecule has 0 nitrogen and oxygen atoms in total. The Kier molecular flexibility index (Phi) is 7.06. The van der Waals surface area contributed by atoms with Crippen LogP contribution in [-0.4, -0.2) is 0 Å². The molecule has 0 unspecified atom stereocenters. The van der Waals surface area contributed by atoms with Crippen LogP contribution in [0, 0.1) is 17.7 Å². The van der Waals surface area contributed by atoms with Crippen LogP contribution in [0.4, 0.5) is 4.39 Å². The summed E-state index contributed by atoms with van der Waals surface area (Å²) in [7, 11) is 0. The van der Waals surface area contributed by atoms with Crippen LogP contribution in [0.25, 0.3) is 11.1 Å². The van der Waals surface area contributed by atoms with Crippen molar-refractivity contribution in [3.8, 4) is 23.0 Å². The van der Waals surface area contributed by atoms with E-state index in [0.717, 1.165) is 35.1 Å². The second-order valence-electron chi connectivity index (χ2n) is 6.90. The van der Waals surface area contributed by atoms with E-state index in [-0.39, 0.29) is 5.82 Å². The first kappa shape index (κ1) is 20.4. The second kappa shape index (κ2) is 9.71. The lowest BCUT2D eigenvalue weighted by molar-refractivity contribution is 0.621. The number of rotatable bonds is 5. The minimum Gasteiger partial charge on any atom is -0.206 e. The largest absolute Gasteiger partial charge is 0.206 e. The molecule has 142 valence electrons. The summed E-state index contributed by atoms with van der Waals surface area (Å²) in [5.74, 6) is 6.34. The summed E-state index contributed by atoms with van der Waals surface area (Å²) in [4.78, 5) is 0. The topological polar surface area (TPSA) is 0 Å². The van der Waals surface area contributed by atoms with Crippen molar-refractivity contribution in [1.29, 1.82) is 0 Å². The summed E-state index contributed by atoms with van der Waals surface area (Å²) < 4.78 is 14.3. The Balaban J connectivity index is 1.83. The molecule has 0 radical (unpaired) electrons. The van der Waals surface area contributed by atoms with Crippen molar-refractivity contribution in [1.82, 2.24) is 0 Å². The maximum absolute atomic E-state index is 13.9. The highest BCUT2D eigenvalue weighted by molar-refractivity contribution is 9.10. The van der Waals surface area contributed by atoms with Gasteiger partial charge in [-0.15, -0.1) is 0 Å². The number of halogens is 2. The molecule has 0 spiro atoms. The van der Waals surface area contributed by atoms with Crippen LogP contribution in [0.5, 0.6) is 0 Å². The van der Waals surface area contributed by atoms with Gasteiger partial charge in [-0.1, -0.05) is 56.4 Å². The standard InChI is InChI=1S/C26H24BrF/c1-3-5-6-19-7-9-20(10-8-19)11-12-22-13-14-23(17-21(22)4-2)24-15-16-25(27)26(28)18-24/h7-10,13-18H,3-6H2,1-2H3. The molecule has 0 aliphatic heterocycles. The highest BCUT2D eigenvalue weighted by atomic mass is 79.9. The van der Waals surface area contributed by atoms with E-state index in [1.165, 1.54) is 24.0 Å². The highest BCUT2D eigenvalue weighted by Gasteiger charge is 2.06. The summed E-state index contributed by atoms with van der Waals surface area (Å²) >= 11 is 3.21. The third-order valence-electron chi connectivity index (χ3n) is 4.85. The van der Waals surface area contributed by atoms with Crippen LogP contribution in [0.15, 0.2) is 65.1 Å². The molecule has 3 aromatic rings. The smallest absolute Gasteiger partial charge is 0.137 e. The van der Waals surface area contributed by atoms with Gasteiger partial charge in [0.2, 0.25) is 0 Å². The molecule has 0 atom stereocenters. The van der Waals surface area contributed by atoms with Crippen LogP contribution in [0.3, 0.4) is 0 Å². The van der Waals surface area contributed by atoms with Gasteiger partial charge in [-0.25, -0.2) is 4.39 Å². The second-order valence-corrected chi connectivity index (χ2v) is 7.76. The van der Waals surface area contributed by atoms with E-state index in [0.29, 0.717) is 4.47 Å². The lowest BCUT2D eigenvalue weighted by Crippen LogP contribution is -1.90. The normalized spacial score (nSPS) is 10.4. The molecule has 0 aromatic heterocycles. The monoisotopic (exact) mass is 434 g/mol. The number of hydrogen-bond donors (Lipinski definition) is 0. The highest BCUT2D eigenvalue weighted by Crippen LogP contribution is 2.26. The summed E-state index contributed by atoms with van der Waals surface area (Å²) in [6.07, 6.45) is 4.44. The predicted octanol–water partition coefficient (Wildman–Crippen LogP) is 7.56. The van der Waals surface area contributed by atoms with Crippen molar-refractivity contribution in [2.45, 2.75) is 39.5 Å². The Hall–Kier alpha value is -2.37. The van der Waals surface area contributed by atoms with E-state index >= 15 is 0 Å². The van der Waals surface area contributed by atoms with E-state index in [2.05, 4.69) is 72.0 Å². The molecule has 0 heterocycles. The molecule has 0 bridgehead atoms. The van der Waals surface area contributed by atoms with Crippen LogP contribution < -0.4 is 0 Å². The quantitative estimate of drug-likeness (QED) is 0.363. The minimum atomic E-state index is -0.248. The van der Waals surface area contributed by atoms with Crippen LogP contribution in [0.1, 0.15) is 48.9 Å². The van der Waals surface area contributed by atoms with Crippen molar-refractivity contribution in [2.75, 3.05) is 0 Å². The zero-order chi connectivity index (χ0) is 19.9. The fraction of sp³-hybridized carbons (Fsp3) is 0.231. The van der Waals surface area contributed by atoms with Gasteiger partial charge in [0.15, 0.2) is 0 Å². The number of benzene rings is 3. The Morgan fingerprint density at radius 3 is 2.25 bits per heavy atom. The van der Waals surface area contributed by atoms with Crippen molar-refractivity contribution >= 4 is 15.9 Å². The van der Waals surface area contributed by atoms with Gasteiger partial charge in [0.1, 0.15) is 5.82 Å². The molecule has 0 saturated carbocycles. The SMILES string of the molecule is CCCCc1ccc(C#Cc2ccc(-c3ccc(Br)c(F)c3)cc2CC)cc1. The van der Waals surface area contributed by atoms with Crippen LogP contribution in [0.2, 0.25) is 0 Å². The average molecular weight is 435 g/mol. The molecule has 0 aliphatic carbocycles. The summed E-state index contributed by atoms with van der Waals surface area (Å²) in [6, 6.07) is 19.9. The molecule has 0 amide bonds. The van der Waals surface area contributed by atoms with E-state index in [9.17, 15) is 4.39 Å². The molecule has 2 heteroatoms. The zero-order valence-corrected chi connectivity index (χ0v) is 17.9. The molecule has 3 aromatic carbocycles. The first-order valence-electron chi connectivity index (χ1n) is 9.80. The lowest BCUT2D eigenvalue weighted by atomic mass is 9.97. The van der Waals surface area contributed by atoms with Crippen LogP contribution >= 0.6 is 15.9 Å². The van der Waals surface area contributed by atoms with Gasteiger partial charge in [0.05, 0.1) is 4.47 Å². The molecule has 0 aliphatic rings. The van der Waals surface area contributed by atoms with E-state index in [4.69, 9.17) is 0 Å². The molecule has 0 N–H and O–H groups in total. The van der Waals surface area contributed by atoms with E-state index in [1.807, 2.05) is 18.2 Å². The fourth-order valence-corrected chi connectivity index (χ4v) is 3.39. The average Bonchev–Trinajstić information content (AvgIpc) is 2.73. The molecule has 0 fully saturated rings. The maximum atomic E-state index is 13.9. The summed E-state index contributed by atoms with van der Waals surface area (Å²) in [6.45, 7) is 4.33. The number of aryl methyl sites for hydroxylation is 2. The minimum absolute atomic E-state index is 0.248. The molecule has 3 rings (SSSR count). The first-order chi connectivity index (χ1) is 13.6. The van der Waals surface area contributed by atoms with Gasteiger partial charge >= 0.3 is 0 Å². The zero-order valence-electron chi connectivity index (χ0n) is 16.4. The third kappa shape index (κ3) is 5.12. The van der Waals surface area contributed by atoms with Crippen molar-refractivity contribution in [3.63, 3.8) is 0 Å². The summed E-state index contributed by atoms with van der Waals surface area (Å²) in [5.41, 5.74) is 6.48. The molecular weight excluding hydrogens is 411 g/mol. The van der Waals surface area contributed by atoms with Crippen LogP contribution in [-0.2, 0) is 12.8 Å². The van der Waals surface area contributed by atoms with Gasteiger partial charge in [-0.05, 0) is 93.8 Å². The Morgan fingerprint density at radius 2 is 1.57 bits per heavy atom. The first-order valence-corrected chi connectivity index (χ1v) is 10.6. The lowest BCUT2D eigenvalue weighted by Gasteiger charge is -2.08. The Morgan fingerprint density at radius 1 is 0.857 bits per heavy atom. The van der Waals surface area contributed by atoms with Crippen molar-refractivity contribution < 1.29 is 4.39 Å². The summed E-state index contributed by atoms with van der Waals surface area (Å²) in [5, 5.41) is 0. The van der Waals surface area contributed by atoms with Crippen molar-refractivity contribution in [2.24, 2.45) is 0 Å². The fourth-order valence-electron chi connectivity index (χ4n) is 3.14. The molecule has 28 heavy (non-hydrogen) atoms. The van der Waals surface area contributed by atoms with Gasteiger partial charge < -0.3 is 0 Å². The van der Waals surface area contributed by atoms with E-state index < -0.39 is 0 Å². The molecular formula is C26H24BrF. The number of hydrogen-bond acceptors (Lipinski definition) is 0. The molecule has 0 saturated heterocycles.